The molecule has 0 spiro atoms. The second-order valence-electron chi connectivity index (χ2n) is 10.5. The van der Waals surface area contributed by atoms with Gasteiger partial charge in [0.1, 0.15) is 0 Å². The van der Waals surface area contributed by atoms with Gasteiger partial charge in [-0.2, -0.15) is 0 Å². The molecule has 0 amide bonds. The van der Waals surface area contributed by atoms with Crippen LogP contribution < -0.4 is 5.32 Å². The number of nitrogens with zero attached hydrogens (tertiary/aromatic N) is 2. The molecular weight excluding hydrogens is 502 g/mol. The normalized spacial score (nSPS) is 11.4. The Bertz CT molecular complexity index is 1250. The van der Waals surface area contributed by atoms with Gasteiger partial charge in [0.15, 0.2) is 5.78 Å². The number of hydrogen-bond acceptors (Lipinski definition) is 5. The van der Waals surface area contributed by atoms with E-state index in [-0.39, 0.29) is 24.5 Å². The van der Waals surface area contributed by atoms with Gasteiger partial charge < -0.3 is 19.7 Å². The molecule has 7 heteroatoms. The minimum absolute atomic E-state index is 0.0225. The van der Waals surface area contributed by atoms with Crippen LogP contribution in [-0.2, 0) is 17.6 Å². The average molecular weight is 548 g/mol. The minimum atomic E-state index is -0.951. The lowest BCUT2D eigenvalue weighted by Crippen LogP contribution is -2.27. The zero-order chi connectivity index (χ0) is 28.9. The third-order valence-electron chi connectivity index (χ3n) is 7.39. The lowest BCUT2D eigenvalue weighted by Gasteiger charge is -2.21. The van der Waals surface area contributed by atoms with Crippen LogP contribution in [0.1, 0.15) is 96.8 Å². The van der Waals surface area contributed by atoms with Crippen molar-refractivity contribution in [3.8, 4) is 0 Å². The molecule has 3 rings (SSSR count). The van der Waals surface area contributed by atoms with Crippen LogP contribution in [0.3, 0.4) is 0 Å². The number of pyridine rings is 1. The summed E-state index contributed by atoms with van der Waals surface area (Å²) in [4.78, 5) is 39.5. The zero-order valence-electron chi connectivity index (χ0n) is 24.4. The van der Waals surface area contributed by atoms with Crippen LogP contribution in [0.2, 0.25) is 0 Å². The maximum Gasteiger partial charge on any atom is 0.317 e. The van der Waals surface area contributed by atoms with E-state index < -0.39 is 5.97 Å². The molecule has 1 aromatic carbocycles. The number of aliphatic carboxylic acids is 1. The van der Waals surface area contributed by atoms with Crippen LogP contribution in [0.4, 0.5) is 0 Å². The van der Waals surface area contributed by atoms with Gasteiger partial charge >= 0.3 is 5.97 Å². The van der Waals surface area contributed by atoms with Crippen molar-refractivity contribution < 1.29 is 19.5 Å². The summed E-state index contributed by atoms with van der Waals surface area (Å²) >= 11 is 0. The lowest BCUT2D eigenvalue weighted by atomic mass is 10.0. The number of unbranched alkanes of at least 4 members (excludes halogenated alkanes) is 2. The molecule has 7 nitrogen and oxygen atoms in total. The minimum Gasteiger partial charge on any atom is -0.480 e. The van der Waals surface area contributed by atoms with Crippen molar-refractivity contribution in [2.24, 2.45) is 0 Å². The molecule has 0 unspecified atom stereocenters. The number of nitrogens with one attached hydrogen (secondary N) is 1. The Labute approximate surface area is 238 Å². The molecule has 0 saturated carbocycles. The molecule has 0 saturated heterocycles. The van der Waals surface area contributed by atoms with Gasteiger partial charge in [-0.3, -0.25) is 14.4 Å². The first-order valence-electron chi connectivity index (χ1n) is 14.8. The predicted molar refractivity (Wildman–Crippen MR) is 161 cm³/mol. The SMILES string of the molecule is CCCCN(CCCC)CCCc1ccc(C(=O)c2c(CC)cc3cc(C(=O)CCNCC(=O)O)ccn23)cc1. The van der Waals surface area contributed by atoms with Crippen LogP contribution in [0, 0.1) is 0 Å². The number of rotatable bonds is 19. The van der Waals surface area contributed by atoms with Crippen LogP contribution in [0.15, 0.2) is 48.7 Å². The molecule has 216 valence electrons. The number of carboxylic acids is 1. The number of carbonyl (C=O) groups excluding carboxylic acids is 2. The highest BCUT2D eigenvalue weighted by Gasteiger charge is 2.19. The quantitative estimate of drug-likeness (QED) is 0.145. The van der Waals surface area contributed by atoms with Gasteiger partial charge in [0, 0.05) is 35.8 Å². The monoisotopic (exact) mass is 547 g/mol. The molecule has 0 radical (unpaired) electrons. The molecule has 2 N–H and O–H groups in total. The number of carboxylic acid groups (broad SMARTS) is 1. The highest BCUT2D eigenvalue weighted by Crippen LogP contribution is 2.23. The number of fused-ring (bicyclic) bond motifs is 1. The fraction of sp³-hybridized carbons (Fsp3) is 0.485. The Morgan fingerprint density at radius 2 is 1.55 bits per heavy atom. The number of ketones is 2. The second kappa shape index (κ2) is 16.1. The first-order chi connectivity index (χ1) is 19.4. The molecule has 0 atom stereocenters. The molecule has 2 heterocycles. The number of hydrogen-bond donors (Lipinski definition) is 2. The Hall–Kier alpha value is -3.29. The van der Waals surface area contributed by atoms with Crippen molar-refractivity contribution in [3.63, 3.8) is 0 Å². The third-order valence-corrected chi connectivity index (χ3v) is 7.39. The van der Waals surface area contributed by atoms with Crippen LogP contribution in [-0.4, -0.2) is 64.7 Å². The Kier molecular flexibility index (Phi) is 12.6. The fourth-order valence-electron chi connectivity index (χ4n) is 5.04. The van der Waals surface area contributed by atoms with Crippen LogP contribution >= 0.6 is 0 Å². The van der Waals surface area contributed by atoms with Crippen molar-refractivity contribution in [1.29, 1.82) is 0 Å². The van der Waals surface area contributed by atoms with Crippen molar-refractivity contribution in [2.75, 3.05) is 32.7 Å². The first-order valence-corrected chi connectivity index (χ1v) is 14.8. The largest absolute Gasteiger partial charge is 0.480 e. The number of Topliss-reactive ketones (excluding diaryl/α,β-unsaturated/α-hetero) is 1. The number of aromatic nitrogens is 1. The molecular formula is C33H45N3O4. The van der Waals surface area contributed by atoms with Gasteiger partial charge in [0.25, 0.3) is 0 Å². The van der Waals surface area contributed by atoms with Gasteiger partial charge in [-0.1, -0.05) is 57.9 Å². The number of aryl methyl sites for hydroxylation is 2. The van der Waals surface area contributed by atoms with Crippen molar-refractivity contribution in [2.45, 2.75) is 72.1 Å². The molecule has 0 fully saturated rings. The summed E-state index contributed by atoms with van der Waals surface area (Å²) in [5.41, 5.74) is 4.85. The van der Waals surface area contributed by atoms with Crippen LogP contribution in [0.25, 0.3) is 5.52 Å². The van der Waals surface area contributed by atoms with Gasteiger partial charge in [-0.05, 0) is 81.1 Å². The Balaban J connectivity index is 1.66. The zero-order valence-corrected chi connectivity index (χ0v) is 24.4. The maximum absolute atomic E-state index is 13.6. The van der Waals surface area contributed by atoms with Gasteiger partial charge in [0.2, 0.25) is 5.78 Å². The molecule has 0 aliphatic heterocycles. The Morgan fingerprint density at radius 1 is 0.875 bits per heavy atom. The van der Waals surface area contributed by atoms with E-state index >= 15 is 0 Å². The topological polar surface area (TPSA) is 91.1 Å². The third kappa shape index (κ3) is 8.86. The van der Waals surface area contributed by atoms with E-state index in [4.69, 9.17) is 5.11 Å². The van der Waals surface area contributed by atoms with E-state index in [0.29, 0.717) is 29.8 Å². The maximum atomic E-state index is 13.6. The molecule has 0 bridgehead atoms. The predicted octanol–water partition coefficient (Wildman–Crippen LogP) is 5.81. The van der Waals surface area contributed by atoms with Gasteiger partial charge in [-0.15, -0.1) is 0 Å². The summed E-state index contributed by atoms with van der Waals surface area (Å²) in [5, 5.41) is 11.5. The van der Waals surface area contributed by atoms with Crippen molar-refractivity contribution in [3.05, 3.63) is 76.6 Å². The average Bonchev–Trinajstić information content (AvgIpc) is 3.34. The fourth-order valence-corrected chi connectivity index (χ4v) is 5.04. The molecule has 40 heavy (non-hydrogen) atoms. The summed E-state index contributed by atoms with van der Waals surface area (Å²) < 4.78 is 1.87. The number of carbonyl (C=O) groups is 3. The van der Waals surface area contributed by atoms with E-state index in [1.54, 1.807) is 12.3 Å². The molecule has 0 aliphatic rings. The summed E-state index contributed by atoms with van der Waals surface area (Å²) in [6.45, 7) is 10.1. The van der Waals surface area contributed by atoms with Crippen molar-refractivity contribution in [1.82, 2.24) is 14.6 Å². The summed E-state index contributed by atoms with van der Waals surface area (Å²) in [6.07, 6.45) is 9.76. The lowest BCUT2D eigenvalue weighted by molar-refractivity contribution is -0.135. The molecule has 0 aliphatic carbocycles. The standard InChI is InChI=1S/C33H45N3O4/c1-4-7-18-35(19-8-5-2)20-9-10-25-11-13-27(14-12-25)33(40)32-26(6-3)22-29-23-28(16-21-36(29)32)30(37)15-17-34-24-31(38)39/h11-14,16,21-23,34H,4-10,15,17-20,24H2,1-3H3,(H,38,39). The summed E-state index contributed by atoms with van der Waals surface area (Å²) in [5.74, 6) is -1.04. The van der Waals surface area contributed by atoms with Gasteiger partial charge in [-0.25, -0.2) is 0 Å². The van der Waals surface area contributed by atoms with Crippen LogP contribution in [0.5, 0.6) is 0 Å². The first kappa shape index (κ1) is 31.2. The second-order valence-corrected chi connectivity index (χ2v) is 10.5. The van der Waals surface area contributed by atoms with E-state index in [0.717, 1.165) is 30.5 Å². The van der Waals surface area contributed by atoms with E-state index in [1.165, 1.54) is 44.3 Å². The van der Waals surface area contributed by atoms with Gasteiger partial charge in [0.05, 0.1) is 12.2 Å². The smallest absolute Gasteiger partial charge is 0.317 e. The highest BCUT2D eigenvalue weighted by atomic mass is 16.4. The van der Waals surface area contributed by atoms with E-state index in [1.807, 2.05) is 35.6 Å². The molecule has 2 aromatic heterocycles. The summed E-state index contributed by atoms with van der Waals surface area (Å²) in [7, 11) is 0. The molecule has 3 aromatic rings. The Morgan fingerprint density at radius 3 is 2.17 bits per heavy atom. The van der Waals surface area contributed by atoms with E-state index in [9.17, 15) is 14.4 Å². The number of benzene rings is 1. The van der Waals surface area contributed by atoms with E-state index in [2.05, 4.69) is 36.2 Å². The van der Waals surface area contributed by atoms with Crippen molar-refractivity contribution >= 4 is 23.1 Å². The highest BCUT2D eigenvalue weighted by molar-refractivity contribution is 6.10. The summed E-state index contributed by atoms with van der Waals surface area (Å²) in [6, 6.07) is 13.5.